The number of fused-ring (bicyclic) bond motifs is 1. The second-order valence-electron chi connectivity index (χ2n) is 5.76. The minimum Gasteiger partial charge on any atom is -0.496 e. The number of hydrogen-bond acceptors (Lipinski definition) is 5. The van der Waals surface area contributed by atoms with Gasteiger partial charge in [-0.1, -0.05) is 0 Å². The first-order valence-corrected chi connectivity index (χ1v) is 7.80. The molecule has 2 heterocycles. The van der Waals surface area contributed by atoms with Gasteiger partial charge in [-0.3, -0.25) is 14.6 Å². The number of anilines is 1. The summed E-state index contributed by atoms with van der Waals surface area (Å²) in [4.78, 5) is 28.9. The Morgan fingerprint density at radius 1 is 1.28 bits per heavy atom. The summed E-state index contributed by atoms with van der Waals surface area (Å²) in [6.45, 7) is 1.85. The van der Waals surface area contributed by atoms with E-state index < -0.39 is 6.04 Å². The van der Waals surface area contributed by atoms with Crippen molar-refractivity contribution in [3.63, 3.8) is 0 Å². The quantitative estimate of drug-likeness (QED) is 0.883. The topological polar surface area (TPSA) is 89.5 Å². The largest absolute Gasteiger partial charge is 0.496 e. The fourth-order valence-electron chi connectivity index (χ4n) is 2.82. The molecule has 0 spiro atoms. The number of nitrogens with one attached hydrogen (secondary N) is 2. The Morgan fingerprint density at radius 3 is 2.60 bits per heavy atom. The summed E-state index contributed by atoms with van der Waals surface area (Å²) in [5.41, 5.74) is 2.77. The number of nitrogens with zero attached hydrogens (tertiary/aromatic N) is 1. The zero-order valence-electron chi connectivity index (χ0n) is 14.3. The summed E-state index contributed by atoms with van der Waals surface area (Å²) < 4.78 is 10.6. The summed E-state index contributed by atoms with van der Waals surface area (Å²) in [5.74, 6) is 0.474. The number of pyridine rings is 1. The highest BCUT2D eigenvalue weighted by molar-refractivity contribution is 6.03. The van der Waals surface area contributed by atoms with Gasteiger partial charge in [-0.25, -0.2) is 0 Å². The van der Waals surface area contributed by atoms with Crippen LogP contribution in [0.15, 0.2) is 30.6 Å². The van der Waals surface area contributed by atoms with Crippen LogP contribution in [0.3, 0.4) is 0 Å². The first-order chi connectivity index (χ1) is 12.0. The number of methoxy groups -OCH3 is 2. The maximum Gasteiger partial charge on any atom is 0.252 e. The van der Waals surface area contributed by atoms with Gasteiger partial charge < -0.3 is 20.1 Å². The van der Waals surface area contributed by atoms with Gasteiger partial charge >= 0.3 is 0 Å². The smallest absolute Gasteiger partial charge is 0.252 e. The predicted molar refractivity (Wildman–Crippen MR) is 92.1 cm³/mol. The minimum absolute atomic E-state index is 0.252. The van der Waals surface area contributed by atoms with E-state index in [1.807, 2.05) is 6.92 Å². The Kier molecular flexibility index (Phi) is 4.56. The molecule has 1 unspecified atom stereocenters. The van der Waals surface area contributed by atoms with Crippen LogP contribution in [-0.4, -0.2) is 37.1 Å². The second-order valence-corrected chi connectivity index (χ2v) is 5.76. The van der Waals surface area contributed by atoms with Crippen LogP contribution in [0.2, 0.25) is 0 Å². The van der Waals surface area contributed by atoms with Crippen molar-refractivity contribution in [2.24, 2.45) is 0 Å². The maximum atomic E-state index is 12.6. The van der Waals surface area contributed by atoms with Gasteiger partial charge in [0, 0.05) is 35.6 Å². The third kappa shape index (κ3) is 3.26. The molecule has 7 nitrogen and oxygen atoms in total. The molecule has 0 bridgehead atoms. The van der Waals surface area contributed by atoms with Gasteiger partial charge in [0.1, 0.15) is 17.5 Å². The van der Waals surface area contributed by atoms with Crippen molar-refractivity contribution < 1.29 is 19.1 Å². The van der Waals surface area contributed by atoms with E-state index in [1.165, 1.54) is 14.2 Å². The summed E-state index contributed by atoms with van der Waals surface area (Å²) in [7, 11) is 3.06. The van der Waals surface area contributed by atoms with Gasteiger partial charge in [-0.05, 0) is 30.7 Å². The van der Waals surface area contributed by atoms with Crippen molar-refractivity contribution in [2.75, 3.05) is 19.5 Å². The Labute approximate surface area is 145 Å². The lowest BCUT2D eigenvalue weighted by molar-refractivity contribution is -0.118. The predicted octanol–water partition coefficient (Wildman–Crippen LogP) is 1.70. The maximum absolute atomic E-state index is 12.6. The molecule has 0 aliphatic carbocycles. The Balaban J connectivity index is 1.82. The first-order valence-electron chi connectivity index (χ1n) is 7.80. The molecular weight excluding hydrogens is 322 g/mol. The molecule has 1 aliphatic rings. The molecule has 1 aromatic heterocycles. The van der Waals surface area contributed by atoms with Crippen molar-refractivity contribution in [3.8, 4) is 11.5 Å². The van der Waals surface area contributed by atoms with Crippen molar-refractivity contribution in [1.82, 2.24) is 10.3 Å². The molecular formula is C18H19N3O4. The van der Waals surface area contributed by atoms with Crippen LogP contribution in [-0.2, 0) is 11.2 Å². The molecule has 0 fully saturated rings. The highest BCUT2D eigenvalue weighted by atomic mass is 16.5. The van der Waals surface area contributed by atoms with Gasteiger partial charge in [0.25, 0.3) is 5.91 Å². The number of amides is 2. The van der Waals surface area contributed by atoms with E-state index in [1.54, 1.807) is 30.6 Å². The third-order valence-corrected chi connectivity index (χ3v) is 4.22. The van der Waals surface area contributed by atoms with E-state index in [0.717, 1.165) is 16.8 Å². The average Bonchev–Trinajstić information content (AvgIpc) is 2.62. The van der Waals surface area contributed by atoms with Gasteiger partial charge in [-0.2, -0.15) is 0 Å². The van der Waals surface area contributed by atoms with Crippen LogP contribution in [0, 0.1) is 6.92 Å². The first kappa shape index (κ1) is 16.8. The number of benzene rings is 1. The van der Waals surface area contributed by atoms with Crippen molar-refractivity contribution in [2.45, 2.75) is 19.4 Å². The molecule has 2 aromatic rings. The Hall–Kier alpha value is -3.09. The standard InChI is InChI=1S/C18H19N3O4/c1-10-15(24-2)7-11(8-16(10)25-3)17(22)21-14-6-12-9-19-5-4-13(12)20-18(14)23/h4-5,7-9,14H,6H2,1-3H3,(H,20,23)(H,21,22). The molecule has 3 rings (SSSR count). The van der Waals surface area contributed by atoms with Crippen molar-refractivity contribution >= 4 is 17.5 Å². The average molecular weight is 341 g/mol. The fourth-order valence-corrected chi connectivity index (χ4v) is 2.82. The number of ether oxygens (including phenoxy) is 2. The molecule has 0 saturated carbocycles. The van der Waals surface area contributed by atoms with Crippen LogP contribution in [0.1, 0.15) is 21.5 Å². The lowest BCUT2D eigenvalue weighted by Crippen LogP contribution is -2.47. The third-order valence-electron chi connectivity index (χ3n) is 4.22. The van der Waals surface area contributed by atoms with Gasteiger partial charge in [0.05, 0.1) is 14.2 Å². The molecule has 7 heteroatoms. The van der Waals surface area contributed by atoms with Crippen molar-refractivity contribution in [1.29, 1.82) is 0 Å². The highest BCUT2D eigenvalue weighted by Crippen LogP contribution is 2.29. The van der Waals surface area contributed by atoms with Crippen LogP contribution in [0.5, 0.6) is 11.5 Å². The van der Waals surface area contributed by atoms with E-state index in [-0.39, 0.29) is 11.8 Å². The number of carbonyl (C=O) groups is 2. The minimum atomic E-state index is -0.664. The Morgan fingerprint density at radius 2 is 1.96 bits per heavy atom. The molecule has 1 aliphatic heterocycles. The monoisotopic (exact) mass is 341 g/mol. The van der Waals surface area contributed by atoms with E-state index in [0.29, 0.717) is 23.5 Å². The molecule has 25 heavy (non-hydrogen) atoms. The SMILES string of the molecule is COc1cc(C(=O)NC2Cc3cnccc3NC2=O)cc(OC)c1C. The van der Waals surface area contributed by atoms with Crippen LogP contribution < -0.4 is 20.1 Å². The lowest BCUT2D eigenvalue weighted by Gasteiger charge is -2.25. The molecule has 0 saturated heterocycles. The number of hydrogen-bond donors (Lipinski definition) is 2. The second kappa shape index (κ2) is 6.80. The number of carbonyl (C=O) groups excluding carboxylic acids is 2. The van der Waals surface area contributed by atoms with E-state index >= 15 is 0 Å². The Bertz CT molecular complexity index is 810. The van der Waals surface area contributed by atoms with Gasteiger partial charge in [-0.15, -0.1) is 0 Å². The van der Waals surface area contributed by atoms with E-state index in [4.69, 9.17) is 9.47 Å². The summed E-state index contributed by atoms with van der Waals surface area (Å²) in [6, 6.07) is 4.33. The number of rotatable bonds is 4. The molecule has 1 aromatic carbocycles. The van der Waals surface area contributed by atoms with E-state index in [9.17, 15) is 9.59 Å². The summed E-state index contributed by atoms with van der Waals surface area (Å²) in [5, 5.41) is 5.54. The summed E-state index contributed by atoms with van der Waals surface area (Å²) in [6.07, 6.45) is 3.69. The van der Waals surface area contributed by atoms with Crippen LogP contribution in [0.25, 0.3) is 0 Å². The van der Waals surface area contributed by atoms with Gasteiger partial charge in [0.2, 0.25) is 5.91 Å². The van der Waals surface area contributed by atoms with Crippen LogP contribution in [0.4, 0.5) is 5.69 Å². The zero-order valence-corrected chi connectivity index (χ0v) is 14.3. The van der Waals surface area contributed by atoms with Crippen molar-refractivity contribution in [3.05, 3.63) is 47.3 Å². The lowest BCUT2D eigenvalue weighted by atomic mass is 10.0. The van der Waals surface area contributed by atoms with E-state index in [2.05, 4.69) is 15.6 Å². The summed E-state index contributed by atoms with van der Waals surface area (Å²) >= 11 is 0. The highest BCUT2D eigenvalue weighted by Gasteiger charge is 2.28. The van der Waals surface area contributed by atoms with Crippen LogP contribution >= 0.6 is 0 Å². The normalized spacial score (nSPS) is 15.8. The molecule has 130 valence electrons. The molecule has 1 atom stereocenters. The molecule has 2 amide bonds. The number of aromatic nitrogens is 1. The molecule has 2 N–H and O–H groups in total. The van der Waals surface area contributed by atoms with Gasteiger partial charge in [0.15, 0.2) is 0 Å². The molecule has 0 radical (unpaired) electrons. The zero-order chi connectivity index (χ0) is 18.0. The fraction of sp³-hybridized carbons (Fsp3) is 0.278.